The number of carbonyl (C=O) groups is 1. The molecule has 1 saturated carbocycles. The maximum absolute atomic E-state index is 13.1. The fourth-order valence-electron chi connectivity index (χ4n) is 4.08. The second kappa shape index (κ2) is 9.33. The molecular weight excluding hydrogens is 426 g/mol. The molecule has 2 aliphatic rings. The van der Waals surface area contributed by atoms with Crippen LogP contribution in [0.3, 0.4) is 0 Å². The number of hydrogen-bond acceptors (Lipinski definition) is 5. The zero-order valence-electron chi connectivity index (χ0n) is 17.6. The van der Waals surface area contributed by atoms with Crippen LogP contribution in [-0.2, 0) is 24.8 Å². The van der Waals surface area contributed by atoms with E-state index in [1.54, 1.807) is 0 Å². The van der Waals surface area contributed by atoms with Gasteiger partial charge < -0.3 is 5.32 Å². The Morgan fingerprint density at radius 1 is 0.933 bits per heavy atom. The summed E-state index contributed by atoms with van der Waals surface area (Å²) in [7, 11) is -4.58. The lowest BCUT2D eigenvalue weighted by atomic mass is 9.93. The molecule has 0 radical (unpaired) electrons. The summed E-state index contributed by atoms with van der Waals surface area (Å²) in [6, 6.07) is 5.44. The summed E-state index contributed by atoms with van der Waals surface area (Å²) in [5.41, 5.74) is 0. The van der Waals surface area contributed by atoms with Gasteiger partial charge in [-0.25, -0.2) is 21.1 Å². The van der Waals surface area contributed by atoms with Crippen LogP contribution in [0.4, 0.5) is 0 Å². The van der Waals surface area contributed by atoms with E-state index >= 15 is 0 Å². The topological polar surface area (TPSA) is 104 Å². The number of rotatable bonds is 6. The van der Waals surface area contributed by atoms with E-state index in [0.29, 0.717) is 19.4 Å². The predicted molar refractivity (Wildman–Crippen MR) is 114 cm³/mol. The monoisotopic (exact) mass is 457 g/mol. The molecule has 0 unspecified atom stereocenters. The molecule has 1 aliphatic heterocycles. The Balaban J connectivity index is 1.70. The molecule has 1 heterocycles. The highest BCUT2D eigenvalue weighted by atomic mass is 32.2. The average molecular weight is 458 g/mol. The molecule has 1 amide bonds. The molecule has 0 bridgehead atoms. The number of benzene rings is 1. The SMILES string of the molecule is CN(C)S(=O)(=O)c1ccc(S(=O)(=O)N2CCC[C@H](C(=O)NC3CCCCC3)C2)cc1. The van der Waals surface area contributed by atoms with Crippen LogP contribution in [-0.4, -0.2) is 64.6 Å². The first kappa shape index (κ1) is 23.2. The number of piperidine rings is 1. The molecule has 1 atom stereocenters. The van der Waals surface area contributed by atoms with Crippen LogP contribution in [0, 0.1) is 5.92 Å². The minimum absolute atomic E-state index is 0.0357. The predicted octanol–water partition coefficient (Wildman–Crippen LogP) is 1.79. The van der Waals surface area contributed by atoms with Crippen molar-refractivity contribution in [3.8, 4) is 0 Å². The molecule has 168 valence electrons. The summed E-state index contributed by atoms with van der Waals surface area (Å²) in [4.78, 5) is 12.8. The van der Waals surface area contributed by atoms with Gasteiger partial charge in [-0.3, -0.25) is 4.79 Å². The van der Waals surface area contributed by atoms with Gasteiger partial charge in [-0.1, -0.05) is 19.3 Å². The van der Waals surface area contributed by atoms with E-state index < -0.39 is 20.0 Å². The van der Waals surface area contributed by atoms with Gasteiger partial charge in [-0.05, 0) is 49.9 Å². The van der Waals surface area contributed by atoms with Gasteiger partial charge in [0.2, 0.25) is 26.0 Å². The van der Waals surface area contributed by atoms with Crippen LogP contribution in [0.25, 0.3) is 0 Å². The van der Waals surface area contributed by atoms with Crippen molar-refractivity contribution >= 4 is 26.0 Å². The lowest BCUT2D eigenvalue weighted by Gasteiger charge is -2.32. The third-order valence-electron chi connectivity index (χ3n) is 5.95. The summed E-state index contributed by atoms with van der Waals surface area (Å²) in [5, 5.41) is 3.10. The van der Waals surface area contributed by atoms with Crippen molar-refractivity contribution in [1.29, 1.82) is 0 Å². The molecule has 1 aromatic carbocycles. The van der Waals surface area contributed by atoms with Gasteiger partial charge in [0.15, 0.2) is 0 Å². The molecule has 0 spiro atoms. The van der Waals surface area contributed by atoms with Crippen LogP contribution in [0.1, 0.15) is 44.9 Å². The lowest BCUT2D eigenvalue weighted by molar-refractivity contribution is -0.127. The van der Waals surface area contributed by atoms with Crippen LogP contribution < -0.4 is 5.32 Å². The lowest BCUT2D eigenvalue weighted by Crippen LogP contribution is -2.47. The van der Waals surface area contributed by atoms with E-state index in [9.17, 15) is 21.6 Å². The normalized spacial score (nSPS) is 22.2. The van der Waals surface area contributed by atoms with Crippen molar-refractivity contribution in [2.45, 2.75) is 60.8 Å². The first-order valence-corrected chi connectivity index (χ1v) is 13.3. The van der Waals surface area contributed by atoms with Crippen molar-refractivity contribution < 1.29 is 21.6 Å². The molecule has 30 heavy (non-hydrogen) atoms. The molecule has 2 fully saturated rings. The average Bonchev–Trinajstić information content (AvgIpc) is 2.74. The number of nitrogens with one attached hydrogen (secondary N) is 1. The van der Waals surface area contributed by atoms with E-state index in [1.807, 2.05) is 0 Å². The fraction of sp³-hybridized carbons (Fsp3) is 0.650. The smallest absolute Gasteiger partial charge is 0.243 e. The van der Waals surface area contributed by atoms with E-state index in [2.05, 4.69) is 5.32 Å². The summed E-state index contributed by atoms with van der Waals surface area (Å²) in [6.45, 7) is 0.506. The van der Waals surface area contributed by atoms with Crippen LogP contribution >= 0.6 is 0 Å². The Labute approximate surface area is 179 Å². The summed E-state index contributed by atoms with van der Waals surface area (Å²) >= 11 is 0. The largest absolute Gasteiger partial charge is 0.353 e. The van der Waals surface area contributed by atoms with Crippen molar-refractivity contribution in [2.75, 3.05) is 27.2 Å². The molecule has 1 aromatic rings. The minimum Gasteiger partial charge on any atom is -0.353 e. The zero-order chi connectivity index (χ0) is 21.9. The highest BCUT2D eigenvalue weighted by molar-refractivity contribution is 7.89. The van der Waals surface area contributed by atoms with Gasteiger partial charge >= 0.3 is 0 Å². The van der Waals surface area contributed by atoms with Crippen LogP contribution in [0.2, 0.25) is 0 Å². The van der Waals surface area contributed by atoms with Crippen molar-refractivity contribution in [3.05, 3.63) is 24.3 Å². The van der Waals surface area contributed by atoms with E-state index in [1.165, 1.54) is 49.1 Å². The maximum atomic E-state index is 13.1. The highest BCUT2D eigenvalue weighted by Crippen LogP contribution is 2.26. The number of sulfonamides is 2. The summed E-state index contributed by atoms with van der Waals surface area (Å²) in [6.07, 6.45) is 6.72. The standard InChI is InChI=1S/C20H31N3O5S2/c1-22(2)29(25,26)18-10-12-19(13-11-18)30(27,28)23-14-6-7-16(15-23)20(24)21-17-8-4-3-5-9-17/h10-13,16-17H,3-9,14-15H2,1-2H3,(H,21,24)/t16-/m0/s1. The second-order valence-electron chi connectivity index (χ2n) is 8.30. The Hall–Kier alpha value is -1.49. The van der Waals surface area contributed by atoms with Crippen molar-refractivity contribution in [2.24, 2.45) is 5.92 Å². The Morgan fingerprint density at radius 2 is 1.53 bits per heavy atom. The van der Waals surface area contributed by atoms with Gasteiger partial charge in [0.1, 0.15) is 0 Å². The quantitative estimate of drug-likeness (QED) is 0.701. The summed E-state index contributed by atoms with van der Waals surface area (Å²) in [5.74, 6) is -0.418. The second-order valence-corrected chi connectivity index (χ2v) is 12.4. The van der Waals surface area contributed by atoms with Gasteiger partial charge in [-0.2, -0.15) is 4.31 Å². The molecular formula is C20H31N3O5S2. The van der Waals surface area contributed by atoms with Crippen molar-refractivity contribution in [3.63, 3.8) is 0 Å². The van der Waals surface area contributed by atoms with Gasteiger partial charge in [0.05, 0.1) is 15.7 Å². The minimum atomic E-state index is -3.80. The van der Waals surface area contributed by atoms with Crippen molar-refractivity contribution in [1.82, 2.24) is 13.9 Å². The van der Waals surface area contributed by atoms with Gasteiger partial charge in [-0.15, -0.1) is 0 Å². The molecule has 3 rings (SSSR count). The molecule has 0 aromatic heterocycles. The fourth-order valence-corrected chi connectivity index (χ4v) is 6.51. The Morgan fingerprint density at radius 3 is 2.13 bits per heavy atom. The maximum Gasteiger partial charge on any atom is 0.243 e. The first-order valence-electron chi connectivity index (χ1n) is 10.5. The van der Waals surface area contributed by atoms with Gasteiger partial charge in [0, 0.05) is 33.2 Å². The zero-order valence-corrected chi connectivity index (χ0v) is 19.2. The van der Waals surface area contributed by atoms with Crippen LogP contribution in [0.5, 0.6) is 0 Å². The third-order valence-corrected chi connectivity index (χ3v) is 9.66. The molecule has 8 nitrogen and oxygen atoms in total. The molecule has 1 aliphatic carbocycles. The third kappa shape index (κ3) is 5.04. The Bertz CT molecular complexity index is 953. The summed E-state index contributed by atoms with van der Waals surface area (Å²) < 4.78 is 53.0. The molecule has 1 N–H and O–H groups in total. The number of amides is 1. The highest BCUT2D eigenvalue weighted by Gasteiger charge is 2.34. The van der Waals surface area contributed by atoms with E-state index in [4.69, 9.17) is 0 Å². The molecule has 1 saturated heterocycles. The molecule has 10 heteroatoms. The number of nitrogens with zero attached hydrogens (tertiary/aromatic N) is 2. The number of hydrogen-bond donors (Lipinski definition) is 1. The van der Waals surface area contributed by atoms with Gasteiger partial charge in [0.25, 0.3) is 0 Å². The Kier molecular flexibility index (Phi) is 7.21. The van der Waals surface area contributed by atoms with E-state index in [-0.39, 0.29) is 34.2 Å². The van der Waals surface area contributed by atoms with E-state index in [0.717, 1.165) is 30.0 Å². The number of carbonyl (C=O) groups excluding carboxylic acids is 1. The van der Waals surface area contributed by atoms with Crippen LogP contribution in [0.15, 0.2) is 34.1 Å². The first-order chi connectivity index (χ1) is 14.1.